The molecular weight excluding hydrogens is 402 g/mol. The first-order valence-electron chi connectivity index (χ1n) is 9.73. The van der Waals surface area contributed by atoms with Gasteiger partial charge in [0.15, 0.2) is 0 Å². The van der Waals surface area contributed by atoms with E-state index in [1.165, 1.54) is 4.31 Å². The lowest BCUT2D eigenvalue weighted by Crippen LogP contribution is -2.44. The van der Waals surface area contributed by atoms with Crippen LogP contribution in [0.25, 0.3) is 11.3 Å². The molecule has 8 heteroatoms. The van der Waals surface area contributed by atoms with Crippen molar-refractivity contribution in [3.05, 3.63) is 72.5 Å². The maximum absolute atomic E-state index is 13.0. The van der Waals surface area contributed by atoms with Crippen LogP contribution < -0.4 is 5.32 Å². The predicted octanol–water partition coefficient (Wildman–Crippen LogP) is 2.71. The number of sulfonamides is 1. The van der Waals surface area contributed by atoms with Gasteiger partial charge in [0.1, 0.15) is 11.5 Å². The van der Waals surface area contributed by atoms with Gasteiger partial charge in [-0.05, 0) is 18.6 Å². The SMILES string of the molecule is CNC(=O)[C@@]1(Cc2cc(-c3ccccc3)no2)CCN(S(=O)(=O)c2ccccc2)C1. The number of nitrogens with one attached hydrogen (secondary N) is 1. The Kier molecular flexibility index (Phi) is 5.44. The molecule has 1 N–H and O–H groups in total. The van der Waals surface area contributed by atoms with E-state index >= 15 is 0 Å². The molecule has 1 aliphatic heterocycles. The van der Waals surface area contributed by atoms with E-state index in [0.717, 1.165) is 5.56 Å². The van der Waals surface area contributed by atoms with Gasteiger partial charge in [-0.15, -0.1) is 0 Å². The van der Waals surface area contributed by atoms with Gasteiger partial charge in [-0.25, -0.2) is 8.42 Å². The van der Waals surface area contributed by atoms with Gasteiger partial charge >= 0.3 is 0 Å². The first kappa shape index (κ1) is 20.3. The molecule has 0 radical (unpaired) electrons. The average Bonchev–Trinajstić information content (AvgIpc) is 3.43. The summed E-state index contributed by atoms with van der Waals surface area (Å²) in [5.74, 6) is 0.349. The fourth-order valence-electron chi connectivity index (χ4n) is 3.93. The third-order valence-electron chi connectivity index (χ3n) is 5.55. The highest BCUT2D eigenvalue weighted by Gasteiger charge is 2.48. The topological polar surface area (TPSA) is 92.5 Å². The van der Waals surface area contributed by atoms with Gasteiger partial charge in [-0.2, -0.15) is 4.31 Å². The molecule has 1 aliphatic rings. The summed E-state index contributed by atoms with van der Waals surface area (Å²) in [4.78, 5) is 13.1. The quantitative estimate of drug-likeness (QED) is 0.656. The van der Waals surface area contributed by atoms with Crippen LogP contribution in [0.3, 0.4) is 0 Å². The minimum Gasteiger partial charge on any atom is -0.361 e. The van der Waals surface area contributed by atoms with Crippen molar-refractivity contribution in [2.24, 2.45) is 5.41 Å². The van der Waals surface area contributed by atoms with Crippen LogP contribution in [-0.2, 0) is 21.2 Å². The summed E-state index contributed by atoms with van der Waals surface area (Å²) in [6.45, 7) is 0.357. The summed E-state index contributed by atoms with van der Waals surface area (Å²) >= 11 is 0. The molecule has 1 aromatic heterocycles. The molecule has 1 amide bonds. The van der Waals surface area contributed by atoms with Crippen molar-refractivity contribution in [2.75, 3.05) is 20.1 Å². The lowest BCUT2D eigenvalue weighted by molar-refractivity contribution is -0.129. The summed E-state index contributed by atoms with van der Waals surface area (Å²) in [5.41, 5.74) is 0.690. The Morgan fingerprint density at radius 3 is 2.47 bits per heavy atom. The Morgan fingerprint density at radius 1 is 1.13 bits per heavy atom. The molecule has 0 spiro atoms. The van der Waals surface area contributed by atoms with Crippen LogP contribution in [0, 0.1) is 5.41 Å². The zero-order valence-electron chi connectivity index (χ0n) is 16.6. The lowest BCUT2D eigenvalue weighted by Gasteiger charge is -2.26. The predicted molar refractivity (Wildman–Crippen MR) is 112 cm³/mol. The van der Waals surface area contributed by atoms with E-state index in [4.69, 9.17) is 4.52 Å². The Hall–Kier alpha value is -2.97. The third-order valence-corrected chi connectivity index (χ3v) is 7.41. The van der Waals surface area contributed by atoms with Crippen LogP contribution in [0.5, 0.6) is 0 Å². The number of hydrogen-bond acceptors (Lipinski definition) is 5. The second kappa shape index (κ2) is 8.04. The van der Waals surface area contributed by atoms with Gasteiger partial charge in [0.05, 0.1) is 10.3 Å². The van der Waals surface area contributed by atoms with Crippen LogP contribution in [0.2, 0.25) is 0 Å². The van der Waals surface area contributed by atoms with Gasteiger partial charge in [0.25, 0.3) is 0 Å². The number of aromatic nitrogens is 1. The molecule has 0 bridgehead atoms. The molecule has 4 rings (SSSR count). The minimum atomic E-state index is -3.67. The molecule has 30 heavy (non-hydrogen) atoms. The van der Waals surface area contributed by atoms with Crippen molar-refractivity contribution >= 4 is 15.9 Å². The number of benzene rings is 2. The van der Waals surface area contributed by atoms with E-state index in [-0.39, 0.29) is 30.3 Å². The van der Waals surface area contributed by atoms with E-state index < -0.39 is 15.4 Å². The highest BCUT2D eigenvalue weighted by Crippen LogP contribution is 2.38. The zero-order chi connectivity index (χ0) is 21.2. The van der Waals surface area contributed by atoms with E-state index in [2.05, 4.69) is 10.5 Å². The second-order valence-electron chi connectivity index (χ2n) is 7.48. The number of hydrogen-bond donors (Lipinski definition) is 1. The third kappa shape index (κ3) is 3.76. The van der Waals surface area contributed by atoms with Crippen LogP contribution >= 0.6 is 0 Å². The highest BCUT2D eigenvalue weighted by molar-refractivity contribution is 7.89. The Bertz CT molecular complexity index is 1130. The number of carbonyl (C=O) groups is 1. The fraction of sp³-hybridized carbons (Fsp3) is 0.273. The molecule has 7 nitrogen and oxygen atoms in total. The number of carbonyl (C=O) groups excluding carboxylic acids is 1. The molecule has 1 fully saturated rings. The Balaban J connectivity index is 1.60. The summed E-state index contributed by atoms with van der Waals surface area (Å²) in [6.07, 6.45) is 0.674. The molecule has 2 heterocycles. The van der Waals surface area contributed by atoms with Crippen molar-refractivity contribution in [1.82, 2.24) is 14.8 Å². The first-order chi connectivity index (χ1) is 14.4. The maximum Gasteiger partial charge on any atom is 0.243 e. The summed E-state index contributed by atoms with van der Waals surface area (Å²) in [5, 5.41) is 6.82. The molecule has 1 atom stereocenters. The van der Waals surface area contributed by atoms with Crippen LogP contribution in [0.15, 0.2) is 76.1 Å². The number of amides is 1. The van der Waals surface area contributed by atoms with Gasteiger partial charge in [-0.3, -0.25) is 4.79 Å². The monoisotopic (exact) mass is 425 g/mol. The van der Waals surface area contributed by atoms with Gasteiger partial charge in [0.2, 0.25) is 15.9 Å². The molecule has 3 aromatic rings. The van der Waals surface area contributed by atoms with Crippen molar-refractivity contribution < 1.29 is 17.7 Å². The van der Waals surface area contributed by atoms with E-state index in [1.807, 2.05) is 36.4 Å². The fourth-order valence-corrected chi connectivity index (χ4v) is 5.48. The Morgan fingerprint density at radius 2 is 1.80 bits per heavy atom. The standard InChI is InChI=1S/C22H23N3O4S/c1-23-21(26)22(15-18-14-20(24-29-18)17-8-4-2-5-9-17)12-13-25(16-22)30(27,28)19-10-6-3-7-11-19/h2-11,14H,12-13,15-16H2,1H3,(H,23,26)/t22-/m1/s1. The molecule has 0 aliphatic carbocycles. The lowest BCUT2D eigenvalue weighted by atomic mass is 9.81. The van der Waals surface area contributed by atoms with Crippen molar-refractivity contribution in [1.29, 1.82) is 0 Å². The van der Waals surface area contributed by atoms with Crippen molar-refractivity contribution in [3.8, 4) is 11.3 Å². The van der Waals surface area contributed by atoms with Crippen LogP contribution in [-0.4, -0.2) is 43.9 Å². The van der Waals surface area contributed by atoms with E-state index in [0.29, 0.717) is 17.9 Å². The molecule has 2 aromatic carbocycles. The van der Waals surface area contributed by atoms with Crippen LogP contribution in [0.1, 0.15) is 12.2 Å². The van der Waals surface area contributed by atoms with E-state index in [1.54, 1.807) is 37.4 Å². The molecule has 1 saturated heterocycles. The summed E-state index contributed by atoms with van der Waals surface area (Å²) < 4.78 is 33.0. The molecule has 0 unspecified atom stereocenters. The number of rotatable bonds is 6. The summed E-state index contributed by atoms with van der Waals surface area (Å²) in [7, 11) is -2.11. The summed E-state index contributed by atoms with van der Waals surface area (Å²) in [6, 6.07) is 19.7. The van der Waals surface area contributed by atoms with Gasteiger partial charge < -0.3 is 9.84 Å². The van der Waals surface area contributed by atoms with E-state index in [9.17, 15) is 13.2 Å². The first-order valence-corrected chi connectivity index (χ1v) is 11.2. The average molecular weight is 426 g/mol. The molecule has 156 valence electrons. The smallest absolute Gasteiger partial charge is 0.243 e. The normalized spacial score (nSPS) is 19.6. The largest absolute Gasteiger partial charge is 0.361 e. The zero-order valence-corrected chi connectivity index (χ0v) is 17.4. The highest BCUT2D eigenvalue weighted by atomic mass is 32.2. The Labute approximate surface area is 175 Å². The second-order valence-corrected chi connectivity index (χ2v) is 9.42. The minimum absolute atomic E-state index is 0.0886. The van der Waals surface area contributed by atoms with Gasteiger partial charge in [-0.1, -0.05) is 53.7 Å². The van der Waals surface area contributed by atoms with Crippen molar-refractivity contribution in [2.45, 2.75) is 17.7 Å². The van der Waals surface area contributed by atoms with Crippen LogP contribution in [0.4, 0.5) is 0 Å². The molecule has 0 saturated carbocycles. The number of nitrogens with zero attached hydrogens (tertiary/aromatic N) is 2. The molecular formula is C22H23N3O4S. The maximum atomic E-state index is 13.0. The van der Waals surface area contributed by atoms with Gasteiger partial charge in [0, 0.05) is 38.2 Å². The van der Waals surface area contributed by atoms with Crippen molar-refractivity contribution in [3.63, 3.8) is 0 Å².